The van der Waals surface area contributed by atoms with Crippen LogP contribution in [0.5, 0.6) is 0 Å². The van der Waals surface area contributed by atoms with Crippen molar-refractivity contribution in [2.24, 2.45) is 5.92 Å². The van der Waals surface area contributed by atoms with Crippen LogP contribution in [0.4, 0.5) is 9.18 Å². The highest BCUT2D eigenvalue weighted by Gasteiger charge is 2.51. The van der Waals surface area contributed by atoms with Crippen LogP contribution in [0.3, 0.4) is 0 Å². The van der Waals surface area contributed by atoms with Gasteiger partial charge in [0.25, 0.3) is 0 Å². The van der Waals surface area contributed by atoms with Crippen molar-refractivity contribution in [2.75, 3.05) is 19.6 Å². The molecular formula is C20H30BFN2O4. The normalized spacial score (nSPS) is 22.4. The molecule has 1 aromatic rings. The van der Waals surface area contributed by atoms with Gasteiger partial charge >= 0.3 is 13.2 Å². The second kappa shape index (κ2) is 8.01. The van der Waals surface area contributed by atoms with Crippen molar-refractivity contribution in [1.29, 1.82) is 0 Å². The van der Waals surface area contributed by atoms with Gasteiger partial charge in [0.05, 0.1) is 11.2 Å². The van der Waals surface area contributed by atoms with Crippen molar-refractivity contribution < 1.29 is 23.6 Å². The number of carbonyl (C=O) groups is 1. The molecule has 2 aliphatic rings. The Bertz CT molecular complexity index is 704. The molecule has 154 valence electrons. The second-order valence-electron chi connectivity index (χ2n) is 8.84. The third-order valence-electron chi connectivity index (χ3n) is 6.25. The Balaban J connectivity index is 1.56. The Labute approximate surface area is 166 Å². The molecule has 0 spiro atoms. The van der Waals surface area contributed by atoms with E-state index in [4.69, 9.17) is 14.4 Å². The number of hydrogen-bond acceptors (Lipinski definition) is 4. The van der Waals surface area contributed by atoms with Gasteiger partial charge in [0, 0.05) is 18.7 Å². The zero-order valence-electron chi connectivity index (χ0n) is 17.1. The first kappa shape index (κ1) is 21.1. The molecule has 1 amide bonds. The monoisotopic (exact) mass is 392 g/mol. The van der Waals surface area contributed by atoms with E-state index in [-0.39, 0.29) is 5.82 Å². The third-order valence-corrected chi connectivity index (χ3v) is 6.25. The summed E-state index contributed by atoms with van der Waals surface area (Å²) in [5, 5.41) is 11.1. The summed E-state index contributed by atoms with van der Waals surface area (Å²) in [6.07, 6.45) is 0.841. The number of rotatable bonds is 5. The molecule has 0 aromatic heterocycles. The molecule has 2 N–H and O–H groups in total. The van der Waals surface area contributed by atoms with Crippen LogP contribution in [0.2, 0.25) is 0 Å². The summed E-state index contributed by atoms with van der Waals surface area (Å²) in [5.74, 6) is 0.102. The smallest absolute Gasteiger partial charge is 0.465 e. The summed E-state index contributed by atoms with van der Waals surface area (Å²) in [7, 11) is -0.564. The van der Waals surface area contributed by atoms with Crippen molar-refractivity contribution in [3.8, 4) is 0 Å². The molecule has 3 rings (SSSR count). The van der Waals surface area contributed by atoms with Crippen LogP contribution < -0.4 is 10.8 Å². The Morgan fingerprint density at radius 2 is 1.86 bits per heavy atom. The van der Waals surface area contributed by atoms with E-state index in [0.717, 1.165) is 25.9 Å². The van der Waals surface area contributed by atoms with Crippen LogP contribution in [0.15, 0.2) is 18.2 Å². The van der Waals surface area contributed by atoms with Gasteiger partial charge in [-0.25, -0.2) is 9.18 Å². The van der Waals surface area contributed by atoms with Crippen LogP contribution >= 0.6 is 0 Å². The lowest BCUT2D eigenvalue weighted by molar-refractivity contribution is 0.00578. The third kappa shape index (κ3) is 4.67. The molecule has 8 heteroatoms. The molecule has 1 aromatic carbocycles. The molecule has 6 nitrogen and oxygen atoms in total. The molecule has 0 aliphatic carbocycles. The average Bonchev–Trinajstić information content (AvgIpc) is 2.83. The van der Waals surface area contributed by atoms with Gasteiger partial charge in [0.15, 0.2) is 0 Å². The first-order valence-corrected chi connectivity index (χ1v) is 9.90. The lowest BCUT2D eigenvalue weighted by Gasteiger charge is -2.32. The Morgan fingerprint density at radius 3 is 2.39 bits per heavy atom. The van der Waals surface area contributed by atoms with E-state index < -0.39 is 24.4 Å². The minimum Gasteiger partial charge on any atom is -0.465 e. The minimum absolute atomic E-state index is 0.248. The van der Waals surface area contributed by atoms with Crippen molar-refractivity contribution in [1.82, 2.24) is 10.2 Å². The fourth-order valence-corrected chi connectivity index (χ4v) is 3.64. The van der Waals surface area contributed by atoms with E-state index in [1.54, 1.807) is 0 Å². The van der Waals surface area contributed by atoms with Gasteiger partial charge in [-0.2, -0.15) is 0 Å². The summed E-state index contributed by atoms with van der Waals surface area (Å²) in [6.45, 7) is 10.6. The molecule has 2 saturated heterocycles. The largest absolute Gasteiger partial charge is 0.494 e. The highest BCUT2D eigenvalue weighted by Crippen LogP contribution is 2.36. The first-order valence-electron chi connectivity index (χ1n) is 9.90. The van der Waals surface area contributed by atoms with Gasteiger partial charge < -0.3 is 19.7 Å². The molecule has 28 heavy (non-hydrogen) atoms. The summed E-state index contributed by atoms with van der Waals surface area (Å²) < 4.78 is 26.7. The maximum atomic E-state index is 14.7. The zero-order valence-corrected chi connectivity index (χ0v) is 17.1. The van der Waals surface area contributed by atoms with Gasteiger partial charge in [-0.15, -0.1) is 0 Å². The maximum Gasteiger partial charge on any atom is 0.494 e. The number of halogens is 1. The maximum absolute atomic E-state index is 14.7. The van der Waals surface area contributed by atoms with Crippen LogP contribution in [-0.4, -0.2) is 54.1 Å². The summed E-state index contributed by atoms with van der Waals surface area (Å²) in [5.41, 5.74) is 0.444. The number of likely N-dealkylation sites (tertiary alicyclic amines) is 1. The standard InChI is InChI=1S/C20H30BFN2O4/c1-19(2)20(3,4)28-21(27-19)16-6-5-15(17(22)11-16)13-24-9-7-14(8-10-24)12-23-18(25)26/h5-6,11,14,23H,7-10,12-13H2,1-4H3,(H,25,26). The number of carboxylic acid groups (broad SMARTS) is 1. The molecule has 2 heterocycles. The lowest BCUT2D eigenvalue weighted by atomic mass is 9.78. The Kier molecular flexibility index (Phi) is 6.03. The fraction of sp³-hybridized carbons (Fsp3) is 0.650. The molecule has 0 atom stereocenters. The SMILES string of the molecule is CC1(C)OB(c2ccc(CN3CCC(CNC(=O)O)CC3)c(F)c2)OC1(C)C. The van der Waals surface area contributed by atoms with Gasteiger partial charge in [-0.05, 0) is 71.1 Å². The van der Waals surface area contributed by atoms with Gasteiger partial charge in [-0.3, -0.25) is 4.90 Å². The molecule has 0 unspecified atom stereocenters. The number of nitrogens with one attached hydrogen (secondary N) is 1. The summed E-state index contributed by atoms with van der Waals surface area (Å²) >= 11 is 0. The van der Waals surface area contributed by atoms with E-state index >= 15 is 0 Å². The summed E-state index contributed by atoms with van der Waals surface area (Å²) in [4.78, 5) is 12.8. The quantitative estimate of drug-likeness (QED) is 0.754. The Morgan fingerprint density at radius 1 is 1.25 bits per heavy atom. The van der Waals surface area contributed by atoms with Crippen molar-refractivity contribution in [3.05, 3.63) is 29.6 Å². The van der Waals surface area contributed by atoms with Crippen LogP contribution in [0, 0.1) is 11.7 Å². The van der Waals surface area contributed by atoms with E-state index in [0.29, 0.717) is 30.0 Å². The molecule has 0 saturated carbocycles. The first-order chi connectivity index (χ1) is 13.1. The van der Waals surface area contributed by atoms with Crippen LogP contribution in [0.25, 0.3) is 0 Å². The number of benzene rings is 1. The number of piperidine rings is 1. The fourth-order valence-electron chi connectivity index (χ4n) is 3.64. The van der Waals surface area contributed by atoms with Crippen molar-refractivity contribution in [2.45, 2.75) is 58.3 Å². The number of hydrogen-bond donors (Lipinski definition) is 2. The summed E-state index contributed by atoms with van der Waals surface area (Å²) in [6, 6.07) is 5.21. The van der Waals surface area contributed by atoms with E-state index in [2.05, 4.69) is 10.2 Å². The van der Waals surface area contributed by atoms with Gasteiger partial charge in [-0.1, -0.05) is 12.1 Å². The van der Waals surface area contributed by atoms with Crippen molar-refractivity contribution >= 4 is 18.7 Å². The van der Waals surface area contributed by atoms with Gasteiger partial charge in [0.1, 0.15) is 5.82 Å². The highest BCUT2D eigenvalue weighted by molar-refractivity contribution is 6.62. The minimum atomic E-state index is -0.980. The van der Waals surface area contributed by atoms with E-state index in [1.807, 2.05) is 39.8 Å². The highest BCUT2D eigenvalue weighted by atomic mass is 19.1. The molecule has 2 aliphatic heterocycles. The zero-order chi connectivity index (χ0) is 20.5. The van der Waals surface area contributed by atoms with Crippen LogP contribution in [0.1, 0.15) is 46.1 Å². The van der Waals surface area contributed by atoms with E-state index in [1.165, 1.54) is 6.07 Å². The number of nitrogens with zero attached hydrogens (tertiary/aromatic N) is 1. The molecule has 0 radical (unpaired) electrons. The molecule has 2 fully saturated rings. The topological polar surface area (TPSA) is 71.0 Å². The second-order valence-corrected chi connectivity index (χ2v) is 8.84. The van der Waals surface area contributed by atoms with Crippen LogP contribution in [-0.2, 0) is 15.9 Å². The molecular weight excluding hydrogens is 362 g/mol. The lowest BCUT2D eigenvalue weighted by Crippen LogP contribution is -2.41. The average molecular weight is 392 g/mol. The number of amides is 1. The molecule has 0 bridgehead atoms. The predicted octanol–water partition coefficient (Wildman–Crippen LogP) is 2.60. The van der Waals surface area contributed by atoms with E-state index in [9.17, 15) is 9.18 Å². The Hall–Kier alpha value is -1.64. The van der Waals surface area contributed by atoms with Gasteiger partial charge in [0.2, 0.25) is 0 Å². The van der Waals surface area contributed by atoms with Crippen molar-refractivity contribution in [3.63, 3.8) is 0 Å². The predicted molar refractivity (Wildman–Crippen MR) is 106 cm³/mol.